The molecule has 0 aromatic carbocycles. The van der Waals surface area contributed by atoms with Gasteiger partial charge in [-0.15, -0.1) is 0 Å². The molecule has 0 radical (unpaired) electrons. The summed E-state index contributed by atoms with van der Waals surface area (Å²) in [5, 5.41) is 11.9. The molecule has 1 fully saturated rings. The summed E-state index contributed by atoms with van der Waals surface area (Å²) in [6.07, 6.45) is 1.35. The van der Waals surface area contributed by atoms with Crippen LogP contribution in [0.15, 0.2) is 0 Å². The van der Waals surface area contributed by atoms with Crippen molar-refractivity contribution in [2.24, 2.45) is 11.3 Å². The number of rotatable bonds is 5. The van der Waals surface area contributed by atoms with Crippen LogP contribution in [-0.2, 0) is 9.53 Å². The van der Waals surface area contributed by atoms with Gasteiger partial charge in [-0.3, -0.25) is 4.79 Å². The predicted octanol–water partition coefficient (Wildman–Crippen LogP) is 1.55. The van der Waals surface area contributed by atoms with E-state index in [-0.39, 0.29) is 24.0 Å². The highest BCUT2D eigenvalue weighted by molar-refractivity contribution is 5.76. The molecule has 1 aliphatic rings. The van der Waals surface area contributed by atoms with Crippen LogP contribution in [0, 0.1) is 11.3 Å². The molecule has 2 N–H and O–H groups in total. The van der Waals surface area contributed by atoms with Gasteiger partial charge < -0.3 is 20.1 Å². The molecule has 0 spiro atoms. The number of amides is 2. The molecule has 6 nitrogen and oxygen atoms in total. The van der Waals surface area contributed by atoms with Gasteiger partial charge in [0.1, 0.15) is 0 Å². The standard InChI is InChI=1S/C14H26N2O4/c1-14(2,3)7-10(12(17)18)8-15-13(19)16(4)11-5-6-20-9-11/h10-11H,5-9H2,1-4H3,(H,15,19)(H,17,18). The van der Waals surface area contributed by atoms with Gasteiger partial charge in [-0.05, 0) is 18.3 Å². The van der Waals surface area contributed by atoms with Gasteiger partial charge in [-0.1, -0.05) is 20.8 Å². The Kier molecular flexibility index (Phi) is 5.80. The highest BCUT2D eigenvalue weighted by Gasteiger charge is 2.27. The number of carboxylic acid groups (broad SMARTS) is 1. The Morgan fingerprint density at radius 1 is 1.45 bits per heavy atom. The first-order chi connectivity index (χ1) is 9.20. The van der Waals surface area contributed by atoms with Crippen LogP contribution < -0.4 is 5.32 Å². The van der Waals surface area contributed by atoms with E-state index in [1.165, 1.54) is 0 Å². The molecule has 1 rings (SSSR count). The number of aliphatic carboxylic acids is 1. The van der Waals surface area contributed by atoms with Crippen molar-refractivity contribution in [3.63, 3.8) is 0 Å². The first-order valence-corrected chi connectivity index (χ1v) is 7.02. The number of ether oxygens (including phenoxy) is 1. The van der Waals surface area contributed by atoms with Crippen LogP contribution in [0.2, 0.25) is 0 Å². The van der Waals surface area contributed by atoms with Crippen molar-refractivity contribution in [2.75, 3.05) is 26.8 Å². The lowest BCUT2D eigenvalue weighted by atomic mass is 9.84. The number of hydrogen-bond donors (Lipinski definition) is 2. The number of carbonyl (C=O) groups excluding carboxylic acids is 1. The highest BCUT2D eigenvalue weighted by Crippen LogP contribution is 2.24. The summed E-state index contributed by atoms with van der Waals surface area (Å²) in [6, 6.07) is -0.151. The summed E-state index contributed by atoms with van der Waals surface area (Å²) < 4.78 is 5.24. The molecule has 6 heteroatoms. The maximum Gasteiger partial charge on any atom is 0.317 e. The van der Waals surface area contributed by atoms with Crippen LogP contribution in [-0.4, -0.2) is 54.9 Å². The zero-order chi connectivity index (χ0) is 15.3. The molecule has 116 valence electrons. The molecular weight excluding hydrogens is 260 g/mol. The van der Waals surface area contributed by atoms with Gasteiger partial charge in [-0.2, -0.15) is 0 Å². The smallest absolute Gasteiger partial charge is 0.317 e. The van der Waals surface area contributed by atoms with E-state index < -0.39 is 11.9 Å². The van der Waals surface area contributed by atoms with Gasteiger partial charge in [0, 0.05) is 20.2 Å². The molecule has 2 amide bonds. The number of urea groups is 1. The Morgan fingerprint density at radius 3 is 2.55 bits per heavy atom. The normalized spacial score (nSPS) is 20.5. The van der Waals surface area contributed by atoms with Crippen molar-refractivity contribution in [3.8, 4) is 0 Å². The quantitative estimate of drug-likeness (QED) is 0.804. The van der Waals surface area contributed by atoms with E-state index in [4.69, 9.17) is 4.74 Å². The van der Waals surface area contributed by atoms with E-state index in [0.29, 0.717) is 19.6 Å². The van der Waals surface area contributed by atoms with E-state index >= 15 is 0 Å². The minimum Gasteiger partial charge on any atom is -0.481 e. The molecule has 2 unspecified atom stereocenters. The third kappa shape index (κ3) is 5.36. The van der Waals surface area contributed by atoms with Crippen LogP contribution in [0.5, 0.6) is 0 Å². The number of carbonyl (C=O) groups is 2. The molecule has 1 saturated heterocycles. The lowest BCUT2D eigenvalue weighted by Crippen LogP contribution is -2.46. The predicted molar refractivity (Wildman–Crippen MR) is 75.6 cm³/mol. The molecule has 1 aliphatic heterocycles. The maximum atomic E-state index is 12.0. The second-order valence-corrected chi connectivity index (χ2v) is 6.61. The maximum absolute atomic E-state index is 12.0. The Hall–Kier alpha value is -1.30. The molecule has 0 aromatic heterocycles. The van der Waals surface area contributed by atoms with E-state index in [2.05, 4.69) is 5.32 Å². The van der Waals surface area contributed by atoms with Crippen LogP contribution in [0.1, 0.15) is 33.6 Å². The number of hydrogen-bond acceptors (Lipinski definition) is 3. The van der Waals surface area contributed by atoms with Gasteiger partial charge >= 0.3 is 12.0 Å². The molecule has 20 heavy (non-hydrogen) atoms. The third-order valence-electron chi connectivity index (χ3n) is 3.48. The Balaban J connectivity index is 2.45. The summed E-state index contributed by atoms with van der Waals surface area (Å²) in [4.78, 5) is 24.8. The Bertz CT molecular complexity index is 346. The van der Waals surface area contributed by atoms with Gasteiger partial charge in [0.15, 0.2) is 0 Å². The van der Waals surface area contributed by atoms with E-state index in [0.717, 1.165) is 6.42 Å². The summed E-state index contributed by atoms with van der Waals surface area (Å²) in [7, 11) is 1.72. The summed E-state index contributed by atoms with van der Waals surface area (Å²) in [6.45, 7) is 7.36. The molecule has 0 saturated carbocycles. The van der Waals surface area contributed by atoms with Crippen molar-refractivity contribution in [1.29, 1.82) is 0 Å². The Labute approximate surface area is 120 Å². The summed E-state index contributed by atoms with van der Waals surface area (Å²) in [5.41, 5.74) is -0.0843. The van der Waals surface area contributed by atoms with Crippen molar-refractivity contribution >= 4 is 12.0 Å². The fourth-order valence-electron chi connectivity index (χ4n) is 2.31. The van der Waals surface area contributed by atoms with Gasteiger partial charge in [0.2, 0.25) is 0 Å². The molecule has 0 aromatic rings. The summed E-state index contributed by atoms with van der Waals surface area (Å²) >= 11 is 0. The van der Waals surface area contributed by atoms with Gasteiger partial charge in [0.25, 0.3) is 0 Å². The van der Waals surface area contributed by atoms with Crippen molar-refractivity contribution < 1.29 is 19.4 Å². The lowest BCUT2D eigenvalue weighted by molar-refractivity contribution is -0.142. The molecule has 0 aliphatic carbocycles. The van der Waals surface area contributed by atoms with Crippen molar-refractivity contribution in [2.45, 2.75) is 39.7 Å². The molecular formula is C14H26N2O4. The van der Waals surface area contributed by atoms with Crippen molar-refractivity contribution in [1.82, 2.24) is 10.2 Å². The average Bonchev–Trinajstić information content (AvgIpc) is 2.85. The third-order valence-corrected chi connectivity index (χ3v) is 3.48. The first-order valence-electron chi connectivity index (χ1n) is 7.02. The van der Waals surface area contributed by atoms with Gasteiger partial charge in [-0.25, -0.2) is 4.79 Å². The van der Waals surface area contributed by atoms with E-state index in [1.54, 1.807) is 11.9 Å². The number of carboxylic acids is 1. The SMILES string of the molecule is CN(C(=O)NCC(CC(C)(C)C)C(=O)O)C1CCOC1. The first kappa shape index (κ1) is 16.8. The number of likely N-dealkylation sites (N-methyl/N-ethyl adjacent to an activating group) is 1. The fraction of sp³-hybridized carbons (Fsp3) is 0.857. The zero-order valence-electron chi connectivity index (χ0n) is 12.8. The van der Waals surface area contributed by atoms with Crippen LogP contribution >= 0.6 is 0 Å². The molecule has 1 heterocycles. The van der Waals surface area contributed by atoms with E-state index in [1.807, 2.05) is 20.8 Å². The number of nitrogens with zero attached hydrogens (tertiary/aromatic N) is 1. The van der Waals surface area contributed by atoms with Crippen LogP contribution in [0.4, 0.5) is 4.79 Å². The minimum atomic E-state index is -0.868. The molecule has 2 atom stereocenters. The second-order valence-electron chi connectivity index (χ2n) is 6.61. The topological polar surface area (TPSA) is 78.9 Å². The number of nitrogens with one attached hydrogen (secondary N) is 1. The largest absolute Gasteiger partial charge is 0.481 e. The second kappa shape index (κ2) is 6.92. The van der Waals surface area contributed by atoms with Crippen LogP contribution in [0.3, 0.4) is 0 Å². The fourth-order valence-corrected chi connectivity index (χ4v) is 2.31. The van der Waals surface area contributed by atoms with Crippen molar-refractivity contribution in [3.05, 3.63) is 0 Å². The molecule has 0 bridgehead atoms. The summed E-state index contributed by atoms with van der Waals surface area (Å²) in [5.74, 6) is -1.43. The van der Waals surface area contributed by atoms with E-state index in [9.17, 15) is 14.7 Å². The minimum absolute atomic E-state index is 0.0842. The van der Waals surface area contributed by atoms with Crippen LogP contribution in [0.25, 0.3) is 0 Å². The monoisotopic (exact) mass is 286 g/mol. The highest BCUT2D eigenvalue weighted by atomic mass is 16.5. The lowest BCUT2D eigenvalue weighted by Gasteiger charge is -2.26. The van der Waals surface area contributed by atoms with Gasteiger partial charge in [0.05, 0.1) is 18.6 Å². The average molecular weight is 286 g/mol. The Morgan fingerprint density at radius 2 is 2.10 bits per heavy atom. The zero-order valence-corrected chi connectivity index (χ0v) is 12.8.